The van der Waals surface area contributed by atoms with Gasteiger partial charge in [-0.05, 0) is 12.5 Å². The molecular weight excluding hydrogens is 311 g/mol. The van der Waals surface area contributed by atoms with Crippen LogP contribution in [0.3, 0.4) is 0 Å². The van der Waals surface area contributed by atoms with Crippen molar-refractivity contribution in [3.05, 3.63) is 28.0 Å². The van der Waals surface area contributed by atoms with E-state index in [1.54, 1.807) is 4.90 Å². The lowest BCUT2D eigenvalue weighted by molar-refractivity contribution is 0.0604. The number of amides is 1. The lowest BCUT2D eigenvalue weighted by Gasteiger charge is -2.36. The van der Waals surface area contributed by atoms with Crippen LogP contribution in [0.4, 0.5) is 0 Å². The number of rotatable bonds is 3. The lowest BCUT2D eigenvalue weighted by atomic mass is 10.1. The first-order valence-corrected chi connectivity index (χ1v) is 7.56. The van der Waals surface area contributed by atoms with Crippen LogP contribution in [0.2, 0.25) is 10.2 Å². The number of nitrogens with zero attached hydrogens (tertiary/aromatic N) is 4. The van der Waals surface area contributed by atoms with Crippen LogP contribution in [-0.4, -0.2) is 52.9 Å². The summed E-state index contributed by atoms with van der Waals surface area (Å²) in [5.41, 5.74) is 0.373. The van der Waals surface area contributed by atoms with E-state index >= 15 is 0 Å². The van der Waals surface area contributed by atoms with Crippen LogP contribution in [0.5, 0.6) is 0 Å². The van der Waals surface area contributed by atoms with E-state index in [1.807, 2.05) is 6.92 Å². The smallest absolute Gasteiger partial charge is 0.255 e. The monoisotopic (exact) mass is 326 g/mol. The van der Waals surface area contributed by atoms with Crippen molar-refractivity contribution in [2.24, 2.45) is 0 Å². The van der Waals surface area contributed by atoms with Gasteiger partial charge >= 0.3 is 0 Å². The first-order chi connectivity index (χ1) is 10.1. The maximum absolute atomic E-state index is 12.5. The normalized spacial score (nSPS) is 17.3. The highest BCUT2D eigenvalue weighted by Gasteiger charge is 2.26. The molecule has 0 aliphatic carbocycles. The van der Waals surface area contributed by atoms with Gasteiger partial charge < -0.3 is 4.90 Å². The Balaban J connectivity index is 2.04. The molecule has 1 fully saturated rings. The van der Waals surface area contributed by atoms with Crippen molar-refractivity contribution < 1.29 is 4.79 Å². The fraction of sp³-hybridized carbons (Fsp3) is 0.500. The third-order valence-electron chi connectivity index (χ3n) is 3.63. The van der Waals surface area contributed by atoms with Crippen LogP contribution < -0.4 is 0 Å². The van der Waals surface area contributed by atoms with Crippen molar-refractivity contribution in [3.63, 3.8) is 0 Å². The maximum atomic E-state index is 12.5. The third kappa shape index (κ3) is 3.65. The summed E-state index contributed by atoms with van der Waals surface area (Å²) in [4.78, 5) is 20.1. The Hall–Kier alpha value is -1.35. The summed E-state index contributed by atoms with van der Waals surface area (Å²) in [6.07, 6.45) is 2.17. The van der Waals surface area contributed by atoms with Crippen molar-refractivity contribution in [1.82, 2.24) is 14.8 Å². The van der Waals surface area contributed by atoms with Gasteiger partial charge in [-0.3, -0.25) is 9.69 Å². The van der Waals surface area contributed by atoms with E-state index in [1.165, 1.54) is 12.3 Å². The molecule has 1 aliphatic rings. The maximum Gasteiger partial charge on any atom is 0.255 e. The first kappa shape index (κ1) is 16.0. The minimum absolute atomic E-state index is 0.0822. The van der Waals surface area contributed by atoms with Crippen molar-refractivity contribution >= 4 is 29.1 Å². The molecule has 1 aromatic rings. The zero-order valence-electron chi connectivity index (χ0n) is 11.7. The van der Waals surface area contributed by atoms with Gasteiger partial charge in [-0.1, -0.05) is 30.1 Å². The number of hydrogen-bond acceptors (Lipinski definition) is 4. The molecule has 1 atom stereocenters. The van der Waals surface area contributed by atoms with E-state index in [-0.39, 0.29) is 17.1 Å². The Labute approximate surface area is 134 Å². The van der Waals surface area contributed by atoms with E-state index in [0.717, 1.165) is 6.42 Å². The molecule has 21 heavy (non-hydrogen) atoms. The second-order valence-electron chi connectivity index (χ2n) is 4.87. The number of carbonyl (C=O) groups excluding carboxylic acids is 1. The van der Waals surface area contributed by atoms with E-state index in [9.17, 15) is 4.79 Å². The summed E-state index contributed by atoms with van der Waals surface area (Å²) in [6, 6.07) is 3.70. The Morgan fingerprint density at radius 2 is 2.10 bits per heavy atom. The third-order valence-corrected chi connectivity index (χ3v) is 4.14. The summed E-state index contributed by atoms with van der Waals surface area (Å²) in [5, 5.41) is 9.64. The fourth-order valence-corrected chi connectivity index (χ4v) is 2.76. The molecule has 0 radical (unpaired) electrons. The highest BCUT2D eigenvalue weighted by atomic mass is 35.5. The summed E-state index contributed by atoms with van der Waals surface area (Å²) in [5.74, 6) is -0.144. The zero-order valence-corrected chi connectivity index (χ0v) is 13.2. The SMILES string of the molecule is CCC(C#N)N1CCN(C(=O)c2cc(Cl)ncc2Cl)CC1. The Morgan fingerprint density at radius 3 is 2.67 bits per heavy atom. The number of piperazine rings is 1. The van der Waals surface area contributed by atoms with Crippen molar-refractivity contribution in [2.45, 2.75) is 19.4 Å². The number of hydrogen-bond donors (Lipinski definition) is 0. The number of nitriles is 1. The molecule has 2 rings (SSSR count). The zero-order chi connectivity index (χ0) is 15.4. The van der Waals surface area contributed by atoms with Crippen LogP contribution in [0.15, 0.2) is 12.3 Å². The minimum Gasteiger partial charge on any atom is -0.336 e. The van der Waals surface area contributed by atoms with Crippen molar-refractivity contribution in [1.29, 1.82) is 5.26 Å². The Bertz CT molecular complexity index is 565. The van der Waals surface area contributed by atoms with Gasteiger partial charge in [-0.15, -0.1) is 0 Å². The standard InChI is InChI=1S/C14H16Cl2N4O/c1-2-10(8-17)19-3-5-20(6-4-19)14(21)11-7-13(16)18-9-12(11)15/h7,9-10H,2-6H2,1H3. The predicted octanol–water partition coefficient (Wildman–Crippen LogP) is 2.45. The Morgan fingerprint density at radius 1 is 1.43 bits per heavy atom. The molecule has 0 aromatic carbocycles. The summed E-state index contributed by atoms with van der Waals surface area (Å²) in [7, 11) is 0. The average molecular weight is 327 g/mol. The molecule has 1 amide bonds. The number of carbonyl (C=O) groups is 1. The van der Waals surface area contributed by atoms with E-state index in [0.29, 0.717) is 36.8 Å². The van der Waals surface area contributed by atoms with Gasteiger partial charge in [0.15, 0.2) is 0 Å². The van der Waals surface area contributed by atoms with Crippen LogP contribution >= 0.6 is 23.2 Å². The highest BCUT2D eigenvalue weighted by Crippen LogP contribution is 2.21. The van der Waals surface area contributed by atoms with Gasteiger partial charge in [-0.25, -0.2) is 4.98 Å². The summed E-state index contributed by atoms with van der Waals surface area (Å²) in [6.45, 7) is 4.52. The van der Waals surface area contributed by atoms with Crippen molar-refractivity contribution in [2.75, 3.05) is 26.2 Å². The van der Waals surface area contributed by atoms with Crippen LogP contribution in [-0.2, 0) is 0 Å². The second kappa shape index (κ2) is 7.08. The van der Waals surface area contributed by atoms with Gasteiger partial charge in [0.25, 0.3) is 5.91 Å². The molecule has 1 aromatic heterocycles. The molecule has 2 heterocycles. The molecule has 1 saturated heterocycles. The van der Waals surface area contributed by atoms with Crippen molar-refractivity contribution in [3.8, 4) is 6.07 Å². The fourth-order valence-electron chi connectivity index (χ4n) is 2.42. The first-order valence-electron chi connectivity index (χ1n) is 6.80. The molecule has 0 bridgehead atoms. The molecule has 5 nitrogen and oxygen atoms in total. The molecule has 0 spiro atoms. The minimum atomic E-state index is -0.144. The Kier molecular flexibility index (Phi) is 5.40. The van der Waals surface area contributed by atoms with Gasteiger partial charge in [0.2, 0.25) is 0 Å². The topological polar surface area (TPSA) is 60.2 Å². The van der Waals surface area contributed by atoms with Gasteiger partial charge in [0.1, 0.15) is 5.15 Å². The summed E-state index contributed by atoms with van der Waals surface area (Å²) >= 11 is 11.8. The number of pyridine rings is 1. The van der Waals surface area contributed by atoms with E-state index in [4.69, 9.17) is 28.5 Å². The molecule has 112 valence electrons. The molecular formula is C14H16Cl2N4O. The van der Waals surface area contributed by atoms with E-state index < -0.39 is 0 Å². The lowest BCUT2D eigenvalue weighted by Crippen LogP contribution is -2.51. The molecule has 7 heteroatoms. The van der Waals surface area contributed by atoms with Crippen LogP contribution in [0.1, 0.15) is 23.7 Å². The number of halogens is 2. The van der Waals surface area contributed by atoms with Crippen LogP contribution in [0, 0.1) is 11.3 Å². The second-order valence-corrected chi connectivity index (χ2v) is 5.66. The summed E-state index contributed by atoms with van der Waals surface area (Å²) < 4.78 is 0. The quantitative estimate of drug-likeness (QED) is 0.800. The van der Waals surface area contributed by atoms with Gasteiger partial charge in [-0.2, -0.15) is 5.26 Å². The van der Waals surface area contributed by atoms with E-state index in [2.05, 4.69) is 16.0 Å². The molecule has 0 N–H and O–H groups in total. The molecule has 1 aliphatic heterocycles. The molecule has 1 unspecified atom stereocenters. The predicted molar refractivity (Wildman–Crippen MR) is 81.4 cm³/mol. The van der Waals surface area contributed by atoms with Gasteiger partial charge in [0, 0.05) is 32.4 Å². The number of aromatic nitrogens is 1. The largest absolute Gasteiger partial charge is 0.336 e. The molecule has 0 saturated carbocycles. The van der Waals surface area contributed by atoms with Gasteiger partial charge in [0.05, 0.1) is 22.7 Å². The average Bonchev–Trinajstić information content (AvgIpc) is 2.51. The van der Waals surface area contributed by atoms with Crippen LogP contribution in [0.25, 0.3) is 0 Å². The highest BCUT2D eigenvalue weighted by molar-refractivity contribution is 6.35.